The summed E-state index contributed by atoms with van der Waals surface area (Å²) in [7, 11) is 0. The second-order valence-corrected chi connectivity index (χ2v) is 3.93. The molecule has 23 heavy (non-hydrogen) atoms. The highest BCUT2D eigenvalue weighted by Gasteiger charge is 2.38. The largest absolute Gasteiger partial charge is 0.490 e. The average Bonchev–Trinajstić information content (AvgIpc) is 2.43. The summed E-state index contributed by atoms with van der Waals surface area (Å²) in [6.45, 7) is 0.0934. The van der Waals surface area contributed by atoms with Gasteiger partial charge in [0.2, 0.25) is 5.91 Å². The lowest BCUT2D eigenvalue weighted by Crippen LogP contribution is -2.41. The van der Waals surface area contributed by atoms with Crippen molar-refractivity contribution in [3.05, 3.63) is 10.4 Å². The number of nitrogens with one attached hydrogen (secondary N) is 1. The second kappa shape index (κ2) is 12.1. The fourth-order valence-electron chi connectivity index (χ4n) is 1.09. The zero-order chi connectivity index (χ0) is 18.5. The number of carbonyl (C=O) groups excluding carboxylic acids is 1. The van der Waals surface area contributed by atoms with Gasteiger partial charge in [0.15, 0.2) is 0 Å². The van der Waals surface area contributed by atoms with Crippen LogP contribution in [0.4, 0.5) is 13.2 Å². The molecule has 0 aliphatic carbocycles. The number of carboxylic acid groups (broad SMARTS) is 2. The molecule has 0 saturated carbocycles. The standard InChI is InChI=1S/C8H15N5O3.C2HF3O2/c9-4-2-1-3-6(8(15)16)12-7(14)5-11-13-10;3-2(4,5)1(6)7/h6H,1-5,9H2,(H,12,14)(H,15,16);(H,6,7). The van der Waals surface area contributed by atoms with Gasteiger partial charge in [-0.2, -0.15) is 13.2 Å². The molecule has 0 aliphatic rings. The van der Waals surface area contributed by atoms with Crippen LogP contribution in [0.1, 0.15) is 19.3 Å². The highest BCUT2D eigenvalue weighted by molar-refractivity contribution is 5.84. The summed E-state index contributed by atoms with van der Waals surface area (Å²) in [5.41, 5.74) is 13.2. The maximum absolute atomic E-state index is 11.1. The fourth-order valence-corrected chi connectivity index (χ4v) is 1.09. The molecular formula is C10H16F3N5O5. The zero-order valence-corrected chi connectivity index (χ0v) is 11.8. The highest BCUT2D eigenvalue weighted by Crippen LogP contribution is 2.13. The summed E-state index contributed by atoms with van der Waals surface area (Å²) < 4.78 is 31.7. The van der Waals surface area contributed by atoms with Gasteiger partial charge < -0.3 is 21.3 Å². The lowest BCUT2D eigenvalue weighted by atomic mass is 10.1. The van der Waals surface area contributed by atoms with E-state index in [1.54, 1.807) is 0 Å². The minimum absolute atomic E-state index is 0.314. The lowest BCUT2D eigenvalue weighted by Gasteiger charge is -2.13. The molecule has 0 bridgehead atoms. The average molecular weight is 343 g/mol. The third-order valence-corrected chi connectivity index (χ3v) is 2.10. The summed E-state index contributed by atoms with van der Waals surface area (Å²) in [5, 5.41) is 21.2. The number of amides is 1. The Morgan fingerprint density at radius 2 is 1.78 bits per heavy atom. The number of unbranched alkanes of at least 4 members (excludes halogenated alkanes) is 1. The monoisotopic (exact) mass is 343 g/mol. The topological polar surface area (TPSA) is 178 Å². The number of nitrogens with two attached hydrogens (primary N) is 1. The van der Waals surface area contributed by atoms with Crippen LogP contribution in [0.2, 0.25) is 0 Å². The first-order valence-electron chi connectivity index (χ1n) is 6.09. The van der Waals surface area contributed by atoms with E-state index in [4.69, 9.17) is 26.3 Å². The molecule has 1 amide bonds. The van der Waals surface area contributed by atoms with Crippen LogP contribution in [-0.2, 0) is 14.4 Å². The van der Waals surface area contributed by atoms with Crippen LogP contribution in [0.15, 0.2) is 5.11 Å². The molecular weight excluding hydrogens is 327 g/mol. The number of halogens is 3. The Hall–Kier alpha value is -2.53. The van der Waals surface area contributed by atoms with Crippen LogP contribution < -0.4 is 11.1 Å². The molecule has 0 saturated heterocycles. The van der Waals surface area contributed by atoms with Crippen LogP contribution in [0, 0.1) is 0 Å². The Kier molecular flexibility index (Phi) is 11.9. The molecule has 0 aromatic carbocycles. The maximum atomic E-state index is 11.1. The molecule has 10 nitrogen and oxygen atoms in total. The summed E-state index contributed by atoms with van der Waals surface area (Å²) >= 11 is 0. The fraction of sp³-hybridized carbons (Fsp3) is 0.700. The molecule has 0 aliphatic heterocycles. The SMILES string of the molecule is O=C(O)C(F)(F)F.[N-]=[N+]=NCC(=O)NC(CCCCN)C(=O)O. The number of hydrogen-bond donors (Lipinski definition) is 4. The van der Waals surface area contributed by atoms with Gasteiger partial charge >= 0.3 is 18.1 Å². The number of nitrogens with zero attached hydrogens (tertiary/aromatic N) is 3. The molecule has 1 unspecified atom stereocenters. The van der Waals surface area contributed by atoms with Crippen LogP contribution >= 0.6 is 0 Å². The number of azide groups is 1. The summed E-state index contributed by atoms with van der Waals surface area (Å²) in [5.74, 6) is -4.46. The smallest absolute Gasteiger partial charge is 0.480 e. The predicted octanol–water partition coefficient (Wildman–Crippen LogP) is 0.628. The van der Waals surface area contributed by atoms with Crippen molar-refractivity contribution >= 4 is 17.8 Å². The molecule has 13 heteroatoms. The molecule has 1 atom stereocenters. The summed E-state index contributed by atoms with van der Waals surface area (Å²) in [4.78, 5) is 33.1. The van der Waals surface area contributed by atoms with E-state index in [2.05, 4.69) is 15.3 Å². The van der Waals surface area contributed by atoms with Gasteiger partial charge in [-0.15, -0.1) is 0 Å². The van der Waals surface area contributed by atoms with Crippen molar-refractivity contribution in [3.8, 4) is 0 Å². The van der Waals surface area contributed by atoms with Crippen LogP contribution in [0.5, 0.6) is 0 Å². The number of aliphatic carboxylic acids is 2. The molecule has 0 spiro atoms. The van der Waals surface area contributed by atoms with Crippen molar-refractivity contribution in [1.82, 2.24) is 5.32 Å². The first-order valence-corrected chi connectivity index (χ1v) is 6.09. The minimum atomic E-state index is -5.08. The highest BCUT2D eigenvalue weighted by atomic mass is 19.4. The van der Waals surface area contributed by atoms with Crippen molar-refractivity contribution in [2.75, 3.05) is 13.1 Å². The van der Waals surface area contributed by atoms with Crippen molar-refractivity contribution in [2.45, 2.75) is 31.5 Å². The minimum Gasteiger partial charge on any atom is -0.480 e. The van der Waals surface area contributed by atoms with Crippen LogP contribution in [0.25, 0.3) is 10.4 Å². The van der Waals surface area contributed by atoms with Crippen molar-refractivity contribution < 1.29 is 37.8 Å². The molecule has 5 N–H and O–H groups in total. The van der Waals surface area contributed by atoms with E-state index in [0.29, 0.717) is 25.8 Å². The normalized spacial score (nSPS) is 11.3. The van der Waals surface area contributed by atoms with Crippen molar-refractivity contribution in [3.63, 3.8) is 0 Å². The molecule has 0 rings (SSSR count). The molecule has 0 heterocycles. The van der Waals surface area contributed by atoms with Crippen molar-refractivity contribution in [1.29, 1.82) is 0 Å². The van der Waals surface area contributed by atoms with Gasteiger partial charge in [0.1, 0.15) is 12.6 Å². The van der Waals surface area contributed by atoms with E-state index in [1.807, 2.05) is 0 Å². The number of alkyl halides is 3. The van der Waals surface area contributed by atoms with Gasteiger partial charge in [-0.3, -0.25) is 4.79 Å². The number of hydrogen-bond acceptors (Lipinski definition) is 5. The second-order valence-electron chi connectivity index (χ2n) is 3.93. The van der Waals surface area contributed by atoms with Gasteiger partial charge in [0, 0.05) is 4.91 Å². The van der Waals surface area contributed by atoms with Gasteiger partial charge in [0.25, 0.3) is 0 Å². The van der Waals surface area contributed by atoms with Gasteiger partial charge in [0.05, 0.1) is 0 Å². The van der Waals surface area contributed by atoms with Gasteiger partial charge in [-0.05, 0) is 31.3 Å². The predicted molar refractivity (Wildman–Crippen MR) is 70.2 cm³/mol. The molecule has 132 valence electrons. The van der Waals surface area contributed by atoms with E-state index in [1.165, 1.54) is 0 Å². The maximum Gasteiger partial charge on any atom is 0.490 e. The number of rotatable bonds is 8. The number of carboxylic acids is 2. The Morgan fingerprint density at radius 1 is 1.26 bits per heavy atom. The van der Waals surface area contributed by atoms with Gasteiger partial charge in [-0.25, -0.2) is 9.59 Å². The lowest BCUT2D eigenvalue weighted by molar-refractivity contribution is -0.192. The first kappa shape index (κ1) is 22.7. The third kappa shape index (κ3) is 14.2. The quantitative estimate of drug-likeness (QED) is 0.217. The van der Waals surface area contributed by atoms with E-state index in [-0.39, 0.29) is 0 Å². The zero-order valence-electron chi connectivity index (χ0n) is 11.8. The Labute approximate surface area is 128 Å². The van der Waals surface area contributed by atoms with Crippen molar-refractivity contribution in [2.24, 2.45) is 10.8 Å². The van der Waals surface area contributed by atoms with E-state index < -0.39 is 36.6 Å². The van der Waals surface area contributed by atoms with E-state index >= 15 is 0 Å². The molecule has 0 radical (unpaired) electrons. The Morgan fingerprint density at radius 3 is 2.13 bits per heavy atom. The summed E-state index contributed by atoms with van der Waals surface area (Å²) in [6, 6.07) is -0.951. The van der Waals surface area contributed by atoms with E-state index in [0.717, 1.165) is 0 Å². The van der Waals surface area contributed by atoms with Gasteiger partial charge in [-0.1, -0.05) is 5.11 Å². The molecule has 0 aromatic heterocycles. The van der Waals surface area contributed by atoms with E-state index in [9.17, 15) is 22.8 Å². The number of carbonyl (C=O) groups is 3. The molecule has 0 fully saturated rings. The van der Waals surface area contributed by atoms with Crippen LogP contribution in [-0.4, -0.2) is 53.4 Å². The summed E-state index contributed by atoms with van der Waals surface area (Å²) in [6.07, 6.45) is -3.44. The first-order chi connectivity index (χ1) is 10.6. The Bertz CT molecular complexity index is 451. The van der Waals surface area contributed by atoms with Crippen LogP contribution in [0.3, 0.4) is 0 Å². The Balaban J connectivity index is 0. The molecule has 0 aromatic rings. The third-order valence-electron chi connectivity index (χ3n) is 2.10.